The lowest BCUT2D eigenvalue weighted by molar-refractivity contribution is -0.133. The summed E-state index contributed by atoms with van der Waals surface area (Å²) in [7, 11) is 0. The van der Waals surface area contributed by atoms with Crippen molar-refractivity contribution >= 4 is 23.6 Å². The van der Waals surface area contributed by atoms with Crippen LogP contribution in [0, 0.1) is 11.6 Å². The van der Waals surface area contributed by atoms with Gasteiger partial charge in [0.1, 0.15) is 23.3 Å². The van der Waals surface area contributed by atoms with Crippen LogP contribution < -0.4 is 10.6 Å². The number of nitrogens with zero attached hydrogens (tertiary/aromatic N) is 3. The summed E-state index contributed by atoms with van der Waals surface area (Å²) in [5.74, 6) is -2.28. The monoisotopic (exact) mass is 521 g/mol. The summed E-state index contributed by atoms with van der Waals surface area (Å²) in [6.45, 7) is 10.5. The highest BCUT2D eigenvalue weighted by Gasteiger charge is 2.31. The van der Waals surface area contributed by atoms with E-state index in [2.05, 4.69) is 20.4 Å². The minimum Gasteiger partial charge on any atom is -0.444 e. The predicted molar refractivity (Wildman–Crippen MR) is 134 cm³/mol. The van der Waals surface area contributed by atoms with Gasteiger partial charge in [0, 0.05) is 43.9 Å². The lowest BCUT2D eigenvalue weighted by Crippen LogP contribution is -2.53. The van der Waals surface area contributed by atoms with Crippen molar-refractivity contribution in [3.63, 3.8) is 0 Å². The summed E-state index contributed by atoms with van der Waals surface area (Å²) in [5, 5.41) is 5.08. The molecular formula is C26H37F2N5O4. The first-order chi connectivity index (χ1) is 17.5. The van der Waals surface area contributed by atoms with Crippen LogP contribution in [0.2, 0.25) is 0 Å². The lowest BCUT2D eigenvalue weighted by Gasteiger charge is -2.40. The number of nitrogens with one attached hydrogen (secondary N) is 2. The van der Waals surface area contributed by atoms with Gasteiger partial charge >= 0.3 is 6.09 Å². The van der Waals surface area contributed by atoms with Crippen LogP contribution in [-0.2, 0) is 14.3 Å². The van der Waals surface area contributed by atoms with E-state index >= 15 is 0 Å². The second-order valence-electron chi connectivity index (χ2n) is 11.1. The molecule has 3 aliphatic heterocycles. The molecule has 3 heterocycles. The van der Waals surface area contributed by atoms with E-state index in [1.807, 2.05) is 20.8 Å². The molecule has 1 aromatic rings. The second-order valence-corrected chi connectivity index (χ2v) is 11.1. The molecule has 0 spiro atoms. The number of benzene rings is 1. The van der Waals surface area contributed by atoms with Crippen molar-refractivity contribution in [2.24, 2.45) is 0 Å². The highest BCUT2D eigenvalue weighted by molar-refractivity contribution is 6.01. The zero-order valence-electron chi connectivity index (χ0n) is 21.8. The Hall–Kier alpha value is -2.79. The number of hydrogen-bond acceptors (Lipinski definition) is 7. The van der Waals surface area contributed by atoms with Gasteiger partial charge in [-0.25, -0.2) is 13.6 Å². The van der Waals surface area contributed by atoms with Crippen LogP contribution in [0.5, 0.6) is 0 Å². The van der Waals surface area contributed by atoms with Crippen LogP contribution >= 0.6 is 0 Å². The van der Waals surface area contributed by atoms with E-state index in [1.165, 1.54) is 12.1 Å². The van der Waals surface area contributed by atoms with Crippen molar-refractivity contribution < 1.29 is 27.9 Å². The third-order valence-electron chi connectivity index (χ3n) is 7.08. The van der Waals surface area contributed by atoms with E-state index in [1.54, 1.807) is 4.90 Å². The number of carbonyl (C=O) groups excluding carboxylic acids is 3. The molecule has 2 N–H and O–H groups in total. The SMILES string of the molecule is CC(C)(C)OC(=O)N1CCN(CN2CCC(c3c(F)cc(NC4CCC(=O)NC4=O)cc3F)CC2)CC1. The average molecular weight is 522 g/mol. The molecule has 3 amide bonds. The quantitative estimate of drug-likeness (QED) is 0.576. The molecular weight excluding hydrogens is 484 g/mol. The van der Waals surface area contributed by atoms with E-state index in [9.17, 15) is 23.2 Å². The molecule has 3 saturated heterocycles. The summed E-state index contributed by atoms with van der Waals surface area (Å²) in [6.07, 6.45) is 1.47. The molecule has 4 rings (SSSR count). The van der Waals surface area contributed by atoms with Gasteiger partial charge in [0.25, 0.3) is 0 Å². The maximum Gasteiger partial charge on any atom is 0.410 e. The zero-order chi connectivity index (χ0) is 26.7. The van der Waals surface area contributed by atoms with E-state index < -0.39 is 29.2 Å². The molecule has 1 atom stereocenters. The number of ether oxygens (including phenoxy) is 1. The average Bonchev–Trinajstić information content (AvgIpc) is 2.81. The fourth-order valence-corrected chi connectivity index (χ4v) is 5.13. The highest BCUT2D eigenvalue weighted by atomic mass is 19.1. The summed E-state index contributed by atoms with van der Waals surface area (Å²) in [5.41, 5.74) is -0.224. The Balaban J connectivity index is 1.25. The van der Waals surface area contributed by atoms with Crippen LogP contribution in [-0.4, -0.2) is 90.2 Å². The third-order valence-corrected chi connectivity index (χ3v) is 7.08. The molecule has 1 aromatic carbocycles. The van der Waals surface area contributed by atoms with Crippen LogP contribution in [0.4, 0.5) is 19.3 Å². The maximum absolute atomic E-state index is 15.0. The van der Waals surface area contributed by atoms with Gasteiger partial charge in [0.05, 0.1) is 6.67 Å². The van der Waals surface area contributed by atoms with Crippen molar-refractivity contribution in [2.45, 2.75) is 64.0 Å². The van der Waals surface area contributed by atoms with Gasteiger partial charge in [0.2, 0.25) is 11.8 Å². The number of halogens is 2. The molecule has 0 saturated carbocycles. The minimum absolute atomic E-state index is 0.0967. The molecule has 37 heavy (non-hydrogen) atoms. The Morgan fingerprint density at radius 2 is 1.59 bits per heavy atom. The summed E-state index contributed by atoms with van der Waals surface area (Å²) < 4.78 is 35.4. The molecule has 204 valence electrons. The number of rotatable bonds is 5. The number of anilines is 1. The first kappa shape index (κ1) is 27.3. The molecule has 3 aliphatic rings. The molecule has 0 aromatic heterocycles. The van der Waals surface area contributed by atoms with E-state index in [4.69, 9.17) is 4.74 Å². The van der Waals surface area contributed by atoms with Crippen molar-refractivity contribution in [2.75, 3.05) is 51.3 Å². The van der Waals surface area contributed by atoms with Crippen LogP contribution in [0.3, 0.4) is 0 Å². The largest absolute Gasteiger partial charge is 0.444 e. The van der Waals surface area contributed by atoms with Gasteiger partial charge < -0.3 is 15.0 Å². The predicted octanol–water partition coefficient (Wildman–Crippen LogP) is 2.87. The third kappa shape index (κ3) is 7.16. The second kappa shape index (κ2) is 11.3. The number of amides is 3. The van der Waals surface area contributed by atoms with Crippen molar-refractivity contribution in [1.29, 1.82) is 0 Å². The van der Waals surface area contributed by atoms with Gasteiger partial charge in [-0.3, -0.25) is 24.7 Å². The first-order valence-electron chi connectivity index (χ1n) is 13.0. The molecule has 0 aliphatic carbocycles. The lowest BCUT2D eigenvalue weighted by atomic mass is 9.88. The normalized spacial score (nSPS) is 22.6. The van der Waals surface area contributed by atoms with Gasteiger partial charge in [-0.2, -0.15) is 0 Å². The number of piperazine rings is 1. The molecule has 1 unspecified atom stereocenters. The Kier molecular flexibility index (Phi) is 8.33. The Morgan fingerprint density at radius 1 is 1.00 bits per heavy atom. The Bertz CT molecular complexity index is 992. The zero-order valence-corrected chi connectivity index (χ0v) is 21.8. The first-order valence-corrected chi connectivity index (χ1v) is 13.0. The molecule has 0 bridgehead atoms. The summed E-state index contributed by atoms with van der Waals surface area (Å²) in [4.78, 5) is 41.8. The van der Waals surface area contributed by atoms with Crippen molar-refractivity contribution in [1.82, 2.24) is 20.0 Å². The summed E-state index contributed by atoms with van der Waals surface area (Å²) >= 11 is 0. The molecule has 9 nitrogen and oxygen atoms in total. The van der Waals surface area contributed by atoms with Crippen LogP contribution in [0.25, 0.3) is 0 Å². The molecule has 3 fully saturated rings. The van der Waals surface area contributed by atoms with E-state index in [0.717, 1.165) is 32.8 Å². The number of piperidine rings is 2. The van der Waals surface area contributed by atoms with Crippen molar-refractivity contribution in [3.05, 3.63) is 29.3 Å². The summed E-state index contributed by atoms with van der Waals surface area (Å²) in [6, 6.07) is 1.77. The Labute approximate surface area is 216 Å². The minimum atomic E-state index is -0.698. The Morgan fingerprint density at radius 3 is 2.16 bits per heavy atom. The van der Waals surface area contributed by atoms with E-state index in [0.29, 0.717) is 25.9 Å². The standard InChI is InChI=1S/C26H37F2N5O4/c1-26(2,3)37-25(36)33-12-10-32(11-13-33)16-31-8-6-17(7-9-31)23-19(27)14-18(15-20(23)28)29-21-4-5-22(34)30-24(21)35/h14-15,17,21,29H,4-13,16H2,1-3H3,(H,30,34,35). The van der Waals surface area contributed by atoms with Gasteiger partial charge in [-0.1, -0.05) is 0 Å². The molecule has 0 radical (unpaired) electrons. The smallest absolute Gasteiger partial charge is 0.410 e. The molecule has 11 heteroatoms. The van der Waals surface area contributed by atoms with E-state index in [-0.39, 0.29) is 42.0 Å². The number of likely N-dealkylation sites (tertiary alicyclic amines) is 1. The van der Waals surface area contributed by atoms with Crippen LogP contribution in [0.15, 0.2) is 12.1 Å². The topological polar surface area (TPSA) is 94.2 Å². The van der Waals surface area contributed by atoms with Crippen LogP contribution in [0.1, 0.15) is 57.9 Å². The fraction of sp³-hybridized carbons (Fsp3) is 0.654. The number of imide groups is 1. The number of carbonyl (C=O) groups is 3. The van der Waals surface area contributed by atoms with Gasteiger partial charge in [-0.05, 0) is 71.2 Å². The maximum atomic E-state index is 15.0. The highest BCUT2D eigenvalue weighted by Crippen LogP contribution is 2.34. The number of hydrogen-bond donors (Lipinski definition) is 2. The van der Waals surface area contributed by atoms with Crippen molar-refractivity contribution in [3.8, 4) is 0 Å². The van der Waals surface area contributed by atoms with Gasteiger partial charge in [0.15, 0.2) is 0 Å². The van der Waals surface area contributed by atoms with Gasteiger partial charge in [-0.15, -0.1) is 0 Å². The fourth-order valence-electron chi connectivity index (χ4n) is 5.13.